The van der Waals surface area contributed by atoms with Crippen molar-refractivity contribution in [2.24, 2.45) is 7.05 Å². The molecule has 1 atom stereocenters. The SMILES string of the molecule is COc1ccc(CNc2nccc(Cn3ncc4c5sc(S(C)=O)nc5n(C)c4c3=O)n2)c(OC)c1. The fourth-order valence-corrected chi connectivity index (χ4v) is 5.68. The van der Waals surface area contributed by atoms with Crippen LogP contribution in [0.4, 0.5) is 5.95 Å². The lowest BCUT2D eigenvalue weighted by Gasteiger charge is -2.12. The monoisotopic (exact) mass is 525 g/mol. The van der Waals surface area contributed by atoms with E-state index in [9.17, 15) is 9.00 Å². The lowest BCUT2D eigenvalue weighted by Crippen LogP contribution is -2.25. The number of ether oxygens (including phenoxy) is 2. The van der Waals surface area contributed by atoms with Gasteiger partial charge in [0.1, 0.15) is 17.0 Å². The van der Waals surface area contributed by atoms with Gasteiger partial charge in [0.05, 0.1) is 48.2 Å². The van der Waals surface area contributed by atoms with Crippen LogP contribution in [0.5, 0.6) is 11.5 Å². The Bertz CT molecular complexity index is 1670. The quantitative estimate of drug-likeness (QED) is 0.325. The van der Waals surface area contributed by atoms with Crippen LogP contribution in [0.2, 0.25) is 0 Å². The molecule has 0 bridgehead atoms. The van der Waals surface area contributed by atoms with Gasteiger partial charge in [-0.3, -0.25) is 9.00 Å². The molecule has 0 fully saturated rings. The molecule has 0 saturated heterocycles. The van der Waals surface area contributed by atoms with E-state index < -0.39 is 10.8 Å². The van der Waals surface area contributed by atoms with Crippen molar-refractivity contribution in [1.82, 2.24) is 29.3 Å². The first-order valence-corrected chi connectivity index (χ1v) is 13.2. The second-order valence-electron chi connectivity index (χ2n) is 7.92. The van der Waals surface area contributed by atoms with Crippen molar-refractivity contribution in [2.45, 2.75) is 17.4 Å². The average molecular weight is 526 g/mol. The molecule has 1 N–H and O–H groups in total. The summed E-state index contributed by atoms with van der Waals surface area (Å²) < 4.78 is 26.9. The van der Waals surface area contributed by atoms with Crippen molar-refractivity contribution in [3.63, 3.8) is 0 Å². The normalized spacial score (nSPS) is 12.2. The first kappa shape index (κ1) is 23.9. The zero-order valence-electron chi connectivity index (χ0n) is 20.0. The molecular formula is C23H23N7O4S2. The lowest BCUT2D eigenvalue weighted by molar-refractivity contribution is 0.391. The Kier molecular flexibility index (Phi) is 6.41. The maximum Gasteiger partial charge on any atom is 0.291 e. The molecule has 0 spiro atoms. The summed E-state index contributed by atoms with van der Waals surface area (Å²) in [5, 5.41) is 8.26. The number of anilines is 1. The van der Waals surface area contributed by atoms with Crippen molar-refractivity contribution >= 4 is 49.3 Å². The second kappa shape index (κ2) is 9.66. The summed E-state index contributed by atoms with van der Waals surface area (Å²) >= 11 is 1.32. The van der Waals surface area contributed by atoms with E-state index in [1.165, 1.54) is 16.0 Å². The standard InChI is InChI=1S/C23H23N7O4S2/c1-29-18-16(19-20(29)28-23(35-19)36(4)32)11-26-30(21(18)31)12-14-7-8-24-22(27-14)25-10-13-5-6-15(33-2)9-17(13)34-3/h5-9,11H,10,12H2,1-4H3,(H,24,25,27). The van der Waals surface area contributed by atoms with Crippen molar-refractivity contribution in [3.05, 3.63) is 58.3 Å². The summed E-state index contributed by atoms with van der Waals surface area (Å²) in [7, 11) is 3.79. The smallest absolute Gasteiger partial charge is 0.291 e. The number of aryl methyl sites for hydroxylation is 1. The molecule has 1 aromatic carbocycles. The Morgan fingerprint density at radius 1 is 1.17 bits per heavy atom. The van der Waals surface area contributed by atoms with Crippen LogP contribution in [-0.4, -0.2) is 54.0 Å². The molecule has 4 aromatic heterocycles. The molecule has 186 valence electrons. The van der Waals surface area contributed by atoms with Crippen LogP contribution in [0.25, 0.3) is 21.3 Å². The van der Waals surface area contributed by atoms with Gasteiger partial charge in [0.2, 0.25) is 5.95 Å². The number of thiazole rings is 1. The Hall–Kier alpha value is -3.84. The summed E-state index contributed by atoms with van der Waals surface area (Å²) in [5.41, 5.74) is 2.41. The molecule has 13 heteroatoms. The lowest BCUT2D eigenvalue weighted by atomic mass is 10.2. The van der Waals surface area contributed by atoms with E-state index >= 15 is 0 Å². The molecule has 0 amide bonds. The summed E-state index contributed by atoms with van der Waals surface area (Å²) in [4.78, 5) is 26.5. The summed E-state index contributed by atoms with van der Waals surface area (Å²) in [6.45, 7) is 0.618. The van der Waals surface area contributed by atoms with Gasteiger partial charge in [0, 0.05) is 43.1 Å². The van der Waals surface area contributed by atoms with Crippen LogP contribution >= 0.6 is 11.3 Å². The Morgan fingerprint density at radius 3 is 2.75 bits per heavy atom. The number of benzene rings is 1. The van der Waals surface area contributed by atoms with E-state index in [0.717, 1.165) is 10.3 Å². The van der Waals surface area contributed by atoms with Crippen LogP contribution in [0.3, 0.4) is 0 Å². The highest BCUT2D eigenvalue weighted by atomic mass is 32.2. The molecule has 5 aromatic rings. The molecule has 0 radical (unpaired) electrons. The number of hydrogen-bond acceptors (Lipinski definition) is 10. The number of nitrogens with one attached hydrogen (secondary N) is 1. The number of hydrogen-bond donors (Lipinski definition) is 1. The van der Waals surface area contributed by atoms with Gasteiger partial charge in [-0.1, -0.05) is 0 Å². The van der Waals surface area contributed by atoms with Gasteiger partial charge in [-0.2, -0.15) is 5.10 Å². The number of aromatic nitrogens is 6. The highest BCUT2D eigenvalue weighted by Gasteiger charge is 2.19. The third kappa shape index (κ3) is 4.31. The second-order valence-corrected chi connectivity index (χ2v) is 10.5. The van der Waals surface area contributed by atoms with Crippen molar-refractivity contribution in [1.29, 1.82) is 0 Å². The van der Waals surface area contributed by atoms with Gasteiger partial charge in [-0.25, -0.2) is 19.6 Å². The van der Waals surface area contributed by atoms with E-state index in [2.05, 4.69) is 25.4 Å². The van der Waals surface area contributed by atoms with E-state index in [1.54, 1.807) is 50.6 Å². The molecule has 0 aliphatic rings. The first-order chi connectivity index (χ1) is 17.4. The largest absolute Gasteiger partial charge is 0.497 e. The highest BCUT2D eigenvalue weighted by Crippen LogP contribution is 2.31. The number of methoxy groups -OCH3 is 2. The van der Waals surface area contributed by atoms with Gasteiger partial charge < -0.3 is 19.4 Å². The molecule has 5 rings (SSSR count). The predicted molar refractivity (Wildman–Crippen MR) is 138 cm³/mol. The molecule has 11 nitrogen and oxygen atoms in total. The minimum Gasteiger partial charge on any atom is -0.497 e. The van der Waals surface area contributed by atoms with Crippen LogP contribution in [0.15, 0.2) is 45.8 Å². The van der Waals surface area contributed by atoms with Crippen LogP contribution in [-0.2, 0) is 30.9 Å². The third-order valence-electron chi connectivity index (χ3n) is 5.71. The summed E-state index contributed by atoms with van der Waals surface area (Å²) in [6.07, 6.45) is 4.87. The fourth-order valence-electron chi connectivity index (χ4n) is 3.90. The minimum atomic E-state index is -1.19. The maximum atomic E-state index is 13.3. The molecule has 0 aliphatic heterocycles. The Morgan fingerprint density at radius 2 is 2.00 bits per heavy atom. The predicted octanol–water partition coefficient (Wildman–Crippen LogP) is 2.55. The minimum absolute atomic E-state index is 0.175. The van der Waals surface area contributed by atoms with E-state index in [1.807, 2.05) is 18.2 Å². The average Bonchev–Trinajstić information content (AvgIpc) is 3.44. The number of rotatable bonds is 8. The third-order valence-corrected chi connectivity index (χ3v) is 8.12. The molecule has 1 unspecified atom stereocenters. The number of fused-ring (bicyclic) bond motifs is 3. The molecule has 0 saturated carbocycles. The van der Waals surface area contributed by atoms with Crippen molar-refractivity contribution in [3.8, 4) is 11.5 Å². The van der Waals surface area contributed by atoms with Crippen LogP contribution in [0, 0.1) is 0 Å². The van der Waals surface area contributed by atoms with Gasteiger partial charge in [0.25, 0.3) is 5.56 Å². The van der Waals surface area contributed by atoms with Crippen molar-refractivity contribution < 1.29 is 13.7 Å². The van der Waals surface area contributed by atoms with Crippen molar-refractivity contribution in [2.75, 3.05) is 25.8 Å². The Balaban J connectivity index is 1.39. The zero-order chi connectivity index (χ0) is 25.4. The van der Waals surface area contributed by atoms with Crippen LogP contribution < -0.4 is 20.3 Å². The zero-order valence-corrected chi connectivity index (χ0v) is 21.6. The summed E-state index contributed by atoms with van der Waals surface area (Å²) in [5.74, 6) is 1.82. The van der Waals surface area contributed by atoms with Gasteiger partial charge >= 0.3 is 0 Å². The highest BCUT2D eigenvalue weighted by molar-refractivity contribution is 7.86. The van der Waals surface area contributed by atoms with E-state index in [0.29, 0.717) is 50.6 Å². The molecule has 0 aliphatic carbocycles. The first-order valence-electron chi connectivity index (χ1n) is 10.8. The number of nitrogens with zero attached hydrogens (tertiary/aromatic N) is 6. The fraction of sp³-hybridized carbons (Fsp3) is 0.261. The van der Waals surface area contributed by atoms with E-state index in [4.69, 9.17) is 9.47 Å². The molecule has 4 heterocycles. The topological polar surface area (TPSA) is 126 Å². The van der Waals surface area contributed by atoms with Gasteiger partial charge in [-0.05, 0) is 18.2 Å². The maximum absolute atomic E-state index is 13.3. The molecule has 36 heavy (non-hydrogen) atoms. The van der Waals surface area contributed by atoms with E-state index in [-0.39, 0.29) is 12.1 Å². The van der Waals surface area contributed by atoms with Gasteiger partial charge in [0.15, 0.2) is 9.99 Å². The Labute approximate surface area is 212 Å². The van der Waals surface area contributed by atoms with Crippen LogP contribution in [0.1, 0.15) is 11.3 Å². The van der Waals surface area contributed by atoms with Gasteiger partial charge in [-0.15, -0.1) is 11.3 Å². The summed E-state index contributed by atoms with van der Waals surface area (Å²) in [6, 6.07) is 7.32. The molecular weight excluding hydrogens is 502 g/mol.